The van der Waals surface area contributed by atoms with Gasteiger partial charge < -0.3 is 24.3 Å². The predicted molar refractivity (Wildman–Crippen MR) is 109 cm³/mol. The molecule has 0 aliphatic heterocycles. The zero-order valence-corrected chi connectivity index (χ0v) is 18.7. The van der Waals surface area contributed by atoms with Crippen LogP contribution in [0.25, 0.3) is 0 Å². The van der Waals surface area contributed by atoms with Gasteiger partial charge in [0.2, 0.25) is 6.79 Å². The average molecular weight is 424 g/mol. The van der Waals surface area contributed by atoms with Gasteiger partial charge in [-0.15, -0.1) is 0 Å². The molecule has 30 heavy (non-hydrogen) atoms. The maximum absolute atomic E-state index is 12.7. The highest BCUT2D eigenvalue weighted by atomic mass is 16.7. The number of rotatable bonds is 11. The Bertz CT molecular complexity index is 734. The van der Waals surface area contributed by atoms with E-state index in [0.29, 0.717) is 5.92 Å². The Morgan fingerprint density at radius 3 is 2.30 bits per heavy atom. The van der Waals surface area contributed by atoms with Gasteiger partial charge in [0, 0.05) is 12.3 Å². The SMILES string of the molecule is COc1ccnc(C(=O)N[C@@H](C)C(=O)OC(C)CC(C)C)c1OCOC(=O)C(C)C. The van der Waals surface area contributed by atoms with Crippen molar-refractivity contribution in [1.29, 1.82) is 0 Å². The monoisotopic (exact) mass is 424 g/mol. The van der Waals surface area contributed by atoms with Crippen molar-refractivity contribution in [3.8, 4) is 11.5 Å². The first-order valence-electron chi connectivity index (χ1n) is 9.90. The van der Waals surface area contributed by atoms with E-state index in [1.165, 1.54) is 26.3 Å². The van der Waals surface area contributed by atoms with E-state index in [9.17, 15) is 14.4 Å². The summed E-state index contributed by atoms with van der Waals surface area (Å²) >= 11 is 0. The van der Waals surface area contributed by atoms with Gasteiger partial charge in [-0.1, -0.05) is 27.7 Å². The fourth-order valence-corrected chi connectivity index (χ4v) is 2.54. The van der Waals surface area contributed by atoms with Crippen LogP contribution in [0.3, 0.4) is 0 Å². The minimum absolute atomic E-state index is 0.00259. The highest BCUT2D eigenvalue weighted by Crippen LogP contribution is 2.29. The number of carbonyl (C=O) groups excluding carboxylic acids is 3. The maximum atomic E-state index is 12.7. The van der Waals surface area contributed by atoms with Crippen LogP contribution in [0.4, 0.5) is 0 Å². The molecule has 0 spiro atoms. The Balaban J connectivity index is 2.85. The number of nitrogens with zero attached hydrogens (tertiary/aromatic N) is 1. The van der Waals surface area contributed by atoms with Gasteiger partial charge in [-0.05, 0) is 26.2 Å². The van der Waals surface area contributed by atoms with E-state index in [2.05, 4.69) is 10.3 Å². The zero-order chi connectivity index (χ0) is 22.8. The van der Waals surface area contributed by atoms with Crippen LogP contribution in [-0.2, 0) is 19.1 Å². The number of nitrogens with one attached hydrogen (secondary N) is 1. The largest absolute Gasteiger partial charge is 0.493 e. The molecule has 1 aromatic heterocycles. The fourth-order valence-electron chi connectivity index (χ4n) is 2.54. The van der Waals surface area contributed by atoms with Crippen molar-refractivity contribution in [2.75, 3.05) is 13.9 Å². The number of hydrogen-bond donors (Lipinski definition) is 1. The summed E-state index contributed by atoms with van der Waals surface area (Å²) in [5.74, 6) is -1.36. The summed E-state index contributed by atoms with van der Waals surface area (Å²) in [6, 6.07) is 0.605. The predicted octanol–water partition coefficient (Wildman–Crippen LogP) is 2.72. The molecule has 2 atom stereocenters. The quantitative estimate of drug-likeness (QED) is 0.426. The Morgan fingerprint density at radius 1 is 1.07 bits per heavy atom. The Morgan fingerprint density at radius 2 is 1.73 bits per heavy atom. The number of aromatic nitrogens is 1. The third-order valence-corrected chi connectivity index (χ3v) is 4.00. The van der Waals surface area contributed by atoms with Crippen molar-refractivity contribution in [1.82, 2.24) is 10.3 Å². The summed E-state index contributed by atoms with van der Waals surface area (Å²) in [5, 5.41) is 2.54. The van der Waals surface area contributed by atoms with E-state index in [-0.39, 0.29) is 29.2 Å². The molecule has 1 rings (SSSR count). The molecular formula is C21H32N2O7. The molecule has 0 saturated heterocycles. The minimum Gasteiger partial charge on any atom is -0.493 e. The number of pyridine rings is 1. The molecule has 1 aromatic rings. The van der Waals surface area contributed by atoms with Gasteiger partial charge >= 0.3 is 11.9 Å². The van der Waals surface area contributed by atoms with E-state index >= 15 is 0 Å². The van der Waals surface area contributed by atoms with E-state index in [4.69, 9.17) is 18.9 Å². The Hall–Kier alpha value is -2.84. The van der Waals surface area contributed by atoms with Gasteiger partial charge in [-0.2, -0.15) is 0 Å². The number of esters is 2. The molecule has 0 saturated carbocycles. The van der Waals surface area contributed by atoms with Crippen molar-refractivity contribution in [2.45, 2.75) is 60.1 Å². The van der Waals surface area contributed by atoms with Gasteiger partial charge in [0.05, 0.1) is 19.1 Å². The van der Waals surface area contributed by atoms with Crippen LogP contribution in [0.1, 0.15) is 58.5 Å². The Labute approximate surface area is 177 Å². The maximum Gasteiger partial charge on any atom is 0.328 e. The second-order valence-electron chi connectivity index (χ2n) is 7.64. The number of amides is 1. The third-order valence-electron chi connectivity index (χ3n) is 4.00. The van der Waals surface area contributed by atoms with Crippen molar-refractivity contribution in [2.24, 2.45) is 11.8 Å². The molecule has 0 fully saturated rings. The van der Waals surface area contributed by atoms with Gasteiger partial charge in [0.25, 0.3) is 5.91 Å². The van der Waals surface area contributed by atoms with Crippen LogP contribution >= 0.6 is 0 Å². The third kappa shape index (κ3) is 7.88. The van der Waals surface area contributed by atoms with Crippen molar-refractivity contribution in [3.63, 3.8) is 0 Å². The standard InChI is InChI=1S/C21H32N2O7/c1-12(2)10-14(5)30-21(26)15(6)23-19(24)17-18(16(27-7)8-9-22-17)28-11-29-20(25)13(3)4/h8-9,12-15H,10-11H2,1-7H3,(H,23,24)/t14?,15-/m0/s1. The lowest BCUT2D eigenvalue weighted by Crippen LogP contribution is -2.41. The molecular weight excluding hydrogens is 392 g/mol. The smallest absolute Gasteiger partial charge is 0.328 e. The van der Waals surface area contributed by atoms with E-state index in [1.807, 2.05) is 13.8 Å². The molecule has 1 amide bonds. The molecule has 0 aromatic carbocycles. The second-order valence-corrected chi connectivity index (χ2v) is 7.64. The van der Waals surface area contributed by atoms with Gasteiger partial charge in [-0.25, -0.2) is 9.78 Å². The first-order valence-corrected chi connectivity index (χ1v) is 9.90. The summed E-state index contributed by atoms with van der Waals surface area (Å²) in [4.78, 5) is 40.6. The van der Waals surface area contributed by atoms with Gasteiger partial charge in [-0.3, -0.25) is 9.59 Å². The molecule has 0 aliphatic carbocycles. The van der Waals surface area contributed by atoms with Crippen molar-refractivity contribution < 1.29 is 33.3 Å². The molecule has 9 nitrogen and oxygen atoms in total. The molecule has 1 N–H and O–H groups in total. The first kappa shape index (κ1) is 25.2. The van der Waals surface area contributed by atoms with Gasteiger partial charge in [0.1, 0.15) is 6.04 Å². The van der Waals surface area contributed by atoms with Crippen LogP contribution in [0.5, 0.6) is 11.5 Å². The highest BCUT2D eigenvalue weighted by Gasteiger charge is 2.25. The summed E-state index contributed by atoms with van der Waals surface area (Å²) in [6.07, 6.45) is 1.83. The van der Waals surface area contributed by atoms with Crippen LogP contribution in [0.2, 0.25) is 0 Å². The van der Waals surface area contributed by atoms with Crippen LogP contribution < -0.4 is 14.8 Å². The summed E-state index contributed by atoms with van der Waals surface area (Å²) in [5.41, 5.74) is -0.107. The molecule has 0 aliphatic rings. The zero-order valence-electron chi connectivity index (χ0n) is 18.7. The summed E-state index contributed by atoms with van der Waals surface area (Å²) in [7, 11) is 1.40. The summed E-state index contributed by atoms with van der Waals surface area (Å²) < 4.78 is 21.0. The Kier molecular flexibility index (Phi) is 10.1. The number of carbonyl (C=O) groups is 3. The topological polar surface area (TPSA) is 113 Å². The molecule has 0 radical (unpaired) electrons. The lowest BCUT2D eigenvalue weighted by molar-refractivity contribution is -0.154. The van der Waals surface area contributed by atoms with Crippen LogP contribution in [-0.4, -0.2) is 48.9 Å². The van der Waals surface area contributed by atoms with E-state index < -0.39 is 30.7 Å². The second kappa shape index (κ2) is 12.0. The highest BCUT2D eigenvalue weighted by molar-refractivity contribution is 5.98. The van der Waals surface area contributed by atoms with E-state index in [0.717, 1.165) is 6.42 Å². The lowest BCUT2D eigenvalue weighted by atomic mass is 10.1. The lowest BCUT2D eigenvalue weighted by Gasteiger charge is -2.19. The molecule has 1 heterocycles. The number of methoxy groups -OCH3 is 1. The normalized spacial score (nSPS) is 12.8. The minimum atomic E-state index is -0.897. The molecule has 1 unspecified atom stereocenters. The van der Waals surface area contributed by atoms with Crippen LogP contribution in [0.15, 0.2) is 12.3 Å². The first-order chi connectivity index (χ1) is 14.1. The fraction of sp³-hybridized carbons (Fsp3) is 0.619. The van der Waals surface area contributed by atoms with Crippen LogP contribution in [0, 0.1) is 11.8 Å². The molecule has 168 valence electrons. The van der Waals surface area contributed by atoms with Gasteiger partial charge in [0.15, 0.2) is 17.2 Å². The number of hydrogen-bond acceptors (Lipinski definition) is 8. The summed E-state index contributed by atoms with van der Waals surface area (Å²) in [6.45, 7) is 10.4. The van der Waals surface area contributed by atoms with Crippen molar-refractivity contribution >= 4 is 17.8 Å². The van der Waals surface area contributed by atoms with Crippen molar-refractivity contribution in [3.05, 3.63) is 18.0 Å². The molecule has 0 bridgehead atoms. The molecule has 9 heteroatoms. The average Bonchev–Trinajstić information content (AvgIpc) is 2.66. The number of ether oxygens (including phenoxy) is 4. The van der Waals surface area contributed by atoms with E-state index in [1.54, 1.807) is 20.8 Å².